The first kappa shape index (κ1) is 15.0. The number of benzene rings is 1. The Kier molecular flexibility index (Phi) is 4.74. The van der Waals surface area contributed by atoms with Crippen molar-refractivity contribution < 1.29 is 13.5 Å². The van der Waals surface area contributed by atoms with E-state index >= 15 is 0 Å². The summed E-state index contributed by atoms with van der Waals surface area (Å²) in [4.78, 5) is 3.96. The van der Waals surface area contributed by atoms with Gasteiger partial charge in [-0.05, 0) is 39.2 Å². The number of aromatic nitrogens is 1. The summed E-state index contributed by atoms with van der Waals surface area (Å²) in [7, 11) is -3.53. The molecule has 2 aromatic rings. The third kappa shape index (κ3) is 4.03. The molecule has 0 radical (unpaired) electrons. The van der Waals surface area contributed by atoms with E-state index in [4.69, 9.17) is 5.11 Å². The number of aliphatic hydroxyl groups excluding tert-OH is 1. The second kappa shape index (κ2) is 6.34. The summed E-state index contributed by atoms with van der Waals surface area (Å²) in [5.41, 5.74) is 1.38. The quantitative estimate of drug-likeness (QED) is 0.861. The molecule has 0 fully saturated rings. The molecule has 0 amide bonds. The highest BCUT2D eigenvalue weighted by Gasteiger charge is 2.14. The van der Waals surface area contributed by atoms with Crippen molar-refractivity contribution in [2.45, 2.75) is 12.4 Å². The fraction of sp³-hybridized carbons (Fsp3) is 0.154. The lowest BCUT2D eigenvalue weighted by atomic mass is 10.2. The molecule has 0 aliphatic rings. The van der Waals surface area contributed by atoms with Crippen LogP contribution in [0.3, 0.4) is 0 Å². The monoisotopic (exact) mass is 356 g/mol. The minimum Gasteiger partial charge on any atom is -0.392 e. The first-order valence-corrected chi connectivity index (χ1v) is 8.24. The first-order chi connectivity index (χ1) is 9.50. The molecule has 0 aliphatic carbocycles. The van der Waals surface area contributed by atoms with Crippen LogP contribution in [0.25, 0.3) is 0 Å². The van der Waals surface area contributed by atoms with E-state index in [1.54, 1.807) is 36.4 Å². The number of rotatable bonds is 5. The van der Waals surface area contributed by atoms with Gasteiger partial charge in [0.2, 0.25) is 10.0 Å². The van der Waals surface area contributed by atoms with Gasteiger partial charge in [0.05, 0.1) is 16.8 Å². The molecule has 0 saturated carbocycles. The maximum Gasteiger partial charge on any atom is 0.238 e. The van der Waals surface area contributed by atoms with Gasteiger partial charge < -0.3 is 5.11 Å². The molecule has 0 atom stereocenters. The highest BCUT2D eigenvalue weighted by atomic mass is 79.9. The van der Waals surface area contributed by atoms with Crippen molar-refractivity contribution in [3.05, 3.63) is 58.2 Å². The smallest absolute Gasteiger partial charge is 0.238 e. The topological polar surface area (TPSA) is 79.3 Å². The van der Waals surface area contributed by atoms with E-state index in [-0.39, 0.29) is 18.2 Å². The summed E-state index contributed by atoms with van der Waals surface area (Å²) >= 11 is 3.24. The lowest BCUT2D eigenvalue weighted by molar-refractivity contribution is 0.282. The highest BCUT2D eigenvalue weighted by Crippen LogP contribution is 2.20. The van der Waals surface area contributed by atoms with Crippen LogP contribution in [0.15, 0.2) is 47.1 Å². The Hall–Kier alpha value is -1.44. The van der Waals surface area contributed by atoms with Gasteiger partial charge in [-0.1, -0.05) is 24.3 Å². The summed E-state index contributed by atoms with van der Waals surface area (Å²) in [5.74, 6) is 0.112. The maximum absolute atomic E-state index is 12.1. The van der Waals surface area contributed by atoms with Crippen molar-refractivity contribution in [2.75, 3.05) is 4.72 Å². The molecule has 2 rings (SSSR count). The average molecular weight is 357 g/mol. The second-order valence-electron chi connectivity index (χ2n) is 4.17. The molecule has 1 aromatic carbocycles. The van der Waals surface area contributed by atoms with Crippen LogP contribution in [0.4, 0.5) is 5.82 Å². The second-order valence-corrected chi connectivity index (χ2v) is 6.75. The minimum absolute atomic E-state index is 0.0633. The van der Waals surface area contributed by atoms with E-state index in [9.17, 15) is 8.42 Å². The molecule has 0 unspecified atom stereocenters. The van der Waals surface area contributed by atoms with Crippen LogP contribution < -0.4 is 4.72 Å². The van der Waals surface area contributed by atoms with Crippen molar-refractivity contribution in [3.8, 4) is 0 Å². The third-order valence-electron chi connectivity index (χ3n) is 2.57. The summed E-state index contributed by atoms with van der Waals surface area (Å²) in [6.07, 6.45) is 1.51. The van der Waals surface area contributed by atoms with Crippen molar-refractivity contribution in [1.82, 2.24) is 4.98 Å². The Bertz CT molecular complexity index is 687. The number of hydrogen-bond acceptors (Lipinski definition) is 4. The fourth-order valence-corrected chi connectivity index (χ4v) is 3.25. The number of sulfonamides is 1. The molecule has 20 heavy (non-hydrogen) atoms. The Labute approximate surface area is 125 Å². The zero-order chi connectivity index (χ0) is 14.6. The fourth-order valence-electron chi connectivity index (χ4n) is 1.60. The summed E-state index contributed by atoms with van der Waals surface area (Å²) in [6, 6.07) is 10.2. The Balaban J connectivity index is 2.13. The highest BCUT2D eigenvalue weighted by molar-refractivity contribution is 9.10. The van der Waals surface area contributed by atoms with Gasteiger partial charge in [-0.3, -0.25) is 4.72 Å². The van der Waals surface area contributed by atoms with E-state index < -0.39 is 10.0 Å². The number of nitrogens with zero attached hydrogens (tertiary/aromatic N) is 1. The van der Waals surface area contributed by atoms with Crippen LogP contribution >= 0.6 is 15.9 Å². The molecule has 0 aliphatic heterocycles. The summed E-state index contributed by atoms with van der Waals surface area (Å²) < 4.78 is 27.1. The molecule has 2 N–H and O–H groups in total. The first-order valence-electron chi connectivity index (χ1n) is 5.80. The van der Waals surface area contributed by atoms with Gasteiger partial charge in [-0.2, -0.15) is 0 Å². The zero-order valence-corrected chi connectivity index (χ0v) is 12.9. The minimum atomic E-state index is -3.53. The van der Waals surface area contributed by atoms with Crippen LogP contribution in [0.1, 0.15) is 11.1 Å². The van der Waals surface area contributed by atoms with E-state index in [2.05, 4.69) is 25.6 Å². The van der Waals surface area contributed by atoms with E-state index in [0.29, 0.717) is 10.0 Å². The number of aliphatic hydroxyl groups is 1. The van der Waals surface area contributed by atoms with Crippen LogP contribution in [0.2, 0.25) is 0 Å². The predicted octanol–water partition coefficient (Wildman–Crippen LogP) is 2.28. The van der Waals surface area contributed by atoms with Crippen LogP contribution in [-0.2, 0) is 22.4 Å². The number of anilines is 1. The van der Waals surface area contributed by atoms with Gasteiger partial charge in [0.1, 0.15) is 0 Å². The van der Waals surface area contributed by atoms with Gasteiger partial charge in [0.15, 0.2) is 5.82 Å². The van der Waals surface area contributed by atoms with Gasteiger partial charge in [0, 0.05) is 6.20 Å². The maximum atomic E-state index is 12.1. The largest absolute Gasteiger partial charge is 0.392 e. The number of pyridine rings is 1. The SMILES string of the molecule is O=S(=O)(Cc1ccc(CO)cc1)Nc1ncccc1Br. The van der Waals surface area contributed by atoms with Gasteiger partial charge >= 0.3 is 0 Å². The lowest BCUT2D eigenvalue weighted by Gasteiger charge is -2.09. The predicted molar refractivity (Wildman–Crippen MR) is 80.5 cm³/mol. The molecule has 7 heteroatoms. The molecule has 5 nitrogen and oxygen atoms in total. The zero-order valence-electron chi connectivity index (χ0n) is 10.5. The van der Waals surface area contributed by atoms with Gasteiger partial charge in [-0.25, -0.2) is 13.4 Å². The Morgan fingerprint density at radius 1 is 1.15 bits per heavy atom. The summed E-state index contributed by atoms with van der Waals surface area (Å²) in [6.45, 7) is -0.0633. The van der Waals surface area contributed by atoms with Crippen LogP contribution in [0, 0.1) is 0 Å². The van der Waals surface area contributed by atoms with Crippen molar-refractivity contribution in [1.29, 1.82) is 0 Å². The average Bonchev–Trinajstić information content (AvgIpc) is 2.41. The van der Waals surface area contributed by atoms with E-state index in [1.165, 1.54) is 6.20 Å². The lowest BCUT2D eigenvalue weighted by Crippen LogP contribution is -2.16. The van der Waals surface area contributed by atoms with Gasteiger partial charge in [-0.15, -0.1) is 0 Å². The van der Waals surface area contributed by atoms with Crippen molar-refractivity contribution >= 4 is 31.8 Å². The normalized spacial score (nSPS) is 11.3. The molecule has 106 valence electrons. The number of halogens is 1. The molecular weight excluding hydrogens is 344 g/mol. The molecular formula is C13H13BrN2O3S. The van der Waals surface area contributed by atoms with Gasteiger partial charge in [0.25, 0.3) is 0 Å². The number of hydrogen-bond donors (Lipinski definition) is 2. The molecule has 0 bridgehead atoms. The van der Waals surface area contributed by atoms with Crippen LogP contribution in [-0.4, -0.2) is 18.5 Å². The molecule has 1 heterocycles. The van der Waals surface area contributed by atoms with Crippen molar-refractivity contribution in [3.63, 3.8) is 0 Å². The van der Waals surface area contributed by atoms with E-state index in [1.807, 2.05) is 0 Å². The molecule has 1 aromatic heterocycles. The summed E-state index contributed by atoms with van der Waals surface area (Å²) in [5, 5.41) is 8.94. The Morgan fingerprint density at radius 3 is 2.40 bits per heavy atom. The third-order valence-corrected chi connectivity index (χ3v) is 4.43. The standard InChI is InChI=1S/C13H13BrN2O3S/c14-12-2-1-7-15-13(12)16-20(18,19)9-11-5-3-10(8-17)4-6-11/h1-7,17H,8-9H2,(H,15,16). The molecule has 0 saturated heterocycles. The number of nitrogens with one attached hydrogen (secondary N) is 1. The van der Waals surface area contributed by atoms with E-state index in [0.717, 1.165) is 5.56 Å². The van der Waals surface area contributed by atoms with Crippen molar-refractivity contribution in [2.24, 2.45) is 0 Å². The van der Waals surface area contributed by atoms with Crippen LogP contribution in [0.5, 0.6) is 0 Å². The molecule has 0 spiro atoms. The Morgan fingerprint density at radius 2 is 1.80 bits per heavy atom.